The summed E-state index contributed by atoms with van der Waals surface area (Å²) in [6, 6.07) is 19.2. The van der Waals surface area contributed by atoms with Crippen molar-refractivity contribution in [1.82, 2.24) is 4.90 Å². The van der Waals surface area contributed by atoms with E-state index < -0.39 is 17.7 Å². The fourth-order valence-electron chi connectivity index (χ4n) is 3.69. The molecular formula is C25H23F2N3O3. The van der Waals surface area contributed by atoms with Gasteiger partial charge in [0.2, 0.25) is 0 Å². The molecule has 8 heteroatoms. The van der Waals surface area contributed by atoms with Gasteiger partial charge in [0.25, 0.3) is 0 Å². The maximum absolute atomic E-state index is 13.5. The van der Waals surface area contributed by atoms with Crippen molar-refractivity contribution in [3.05, 3.63) is 95.6 Å². The number of ether oxygens (including phenoxy) is 1. The number of nitrogens with one attached hydrogen (secondary N) is 1. The van der Waals surface area contributed by atoms with Crippen molar-refractivity contribution >= 4 is 23.5 Å². The Morgan fingerprint density at radius 2 is 1.61 bits per heavy atom. The fourth-order valence-corrected chi connectivity index (χ4v) is 3.69. The van der Waals surface area contributed by atoms with Crippen LogP contribution < -0.4 is 10.2 Å². The van der Waals surface area contributed by atoms with E-state index in [-0.39, 0.29) is 19.2 Å². The smallest absolute Gasteiger partial charge is 0.411 e. The van der Waals surface area contributed by atoms with Crippen molar-refractivity contribution < 1.29 is 23.1 Å². The van der Waals surface area contributed by atoms with Crippen molar-refractivity contribution in [2.45, 2.75) is 19.6 Å². The van der Waals surface area contributed by atoms with E-state index in [1.165, 1.54) is 12.1 Å². The lowest BCUT2D eigenvalue weighted by Crippen LogP contribution is -2.49. The van der Waals surface area contributed by atoms with Gasteiger partial charge in [-0.25, -0.2) is 18.4 Å². The third-order valence-electron chi connectivity index (χ3n) is 5.25. The molecule has 0 bridgehead atoms. The summed E-state index contributed by atoms with van der Waals surface area (Å²) in [4.78, 5) is 28.2. The first-order valence-electron chi connectivity index (χ1n) is 10.6. The van der Waals surface area contributed by atoms with Crippen LogP contribution in [-0.2, 0) is 17.9 Å². The second kappa shape index (κ2) is 10.1. The number of amides is 3. The molecule has 0 aromatic heterocycles. The Hall–Kier alpha value is -3.94. The lowest BCUT2D eigenvalue weighted by Gasteiger charge is -2.35. The van der Waals surface area contributed by atoms with Crippen molar-refractivity contribution in [3.63, 3.8) is 0 Å². The van der Waals surface area contributed by atoms with Gasteiger partial charge in [-0.3, -0.25) is 10.2 Å². The molecule has 170 valence electrons. The molecule has 1 N–H and O–H groups in total. The standard InChI is InChI=1S/C25H23F2N3O3/c26-20-13-19(14-21(27)15-20)16-29-11-4-12-30(25(29)32)23-9-7-22(8-10-23)28-24(31)33-17-18-5-2-1-3-6-18/h1-3,5-10,13-15H,4,11-12,16-17H2,(H,28,31). The van der Waals surface area contributed by atoms with Crippen LogP contribution in [0.4, 0.5) is 29.7 Å². The van der Waals surface area contributed by atoms with E-state index in [4.69, 9.17) is 4.74 Å². The molecule has 0 spiro atoms. The molecule has 0 aliphatic carbocycles. The summed E-state index contributed by atoms with van der Waals surface area (Å²) in [5.41, 5.74) is 2.49. The van der Waals surface area contributed by atoms with Crippen molar-refractivity contribution in [2.75, 3.05) is 23.3 Å². The van der Waals surface area contributed by atoms with Gasteiger partial charge >= 0.3 is 12.1 Å². The van der Waals surface area contributed by atoms with Crippen molar-refractivity contribution in [3.8, 4) is 0 Å². The van der Waals surface area contributed by atoms with Gasteiger partial charge in [-0.05, 0) is 53.9 Å². The molecule has 1 heterocycles. The first kappa shape index (κ1) is 22.3. The maximum Gasteiger partial charge on any atom is 0.411 e. The van der Waals surface area contributed by atoms with Gasteiger partial charge in [0.1, 0.15) is 18.2 Å². The Balaban J connectivity index is 1.35. The average Bonchev–Trinajstić information content (AvgIpc) is 2.80. The summed E-state index contributed by atoms with van der Waals surface area (Å²) < 4.78 is 32.2. The predicted octanol–water partition coefficient (Wildman–Crippen LogP) is 5.55. The summed E-state index contributed by atoms with van der Waals surface area (Å²) >= 11 is 0. The number of carbonyl (C=O) groups is 2. The molecule has 0 atom stereocenters. The Morgan fingerprint density at radius 1 is 0.909 bits per heavy atom. The Labute approximate surface area is 190 Å². The highest BCUT2D eigenvalue weighted by Gasteiger charge is 2.27. The number of rotatable bonds is 6. The molecule has 1 aliphatic rings. The highest BCUT2D eigenvalue weighted by molar-refractivity contribution is 5.93. The number of nitrogens with zero attached hydrogens (tertiary/aromatic N) is 2. The van der Waals surface area contributed by atoms with Gasteiger partial charge in [0.15, 0.2) is 0 Å². The minimum Gasteiger partial charge on any atom is -0.444 e. The van der Waals surface area contributed by atoms with E-state index in [2.05, 4.69) is 5.32 Å². The zero-order valence-corrected chi connectivity index (χ0v) is 17.8. The first-order valence-corrected chi connectivity index (χ1v) is 10.6. The van der Waals surface area contributed by atoms with E-state index in [1.54, 1.807) is 34.1 Å². The molecule has 33 heavy (non-hydrogen) atoms. The molecule has 0 unspecified atom stereocenters. The van der Waals surface area contributed by atoms with Crippen LogP contribution >= 0.6 is 0 Å². The zero-order chi connectivity index (χ0) is 23.2. The van der Waals surface area contributed by atoms with Crippen LogP contribution in [0.3, 0.4) is 0 Å². The molecule has 3 aromatic rings. The summed E-state index contributed by atoms with van der Waals surface area (Å²) in [5, 5.41) is 2.66. The molecular weight excluding hydrogens is 428 g/mol. The second-order valence-electron chi connectivity index (χ2n) is 7.72. The Morgan fingerprint density at radius 3 is 2.30 bits per heavy atom. The number of anilines is 2. The van der Waals surface area contributed by atoms with E-state index in [1.807, 2.05) is 30.3 Å². The van der Waals surface area contributed by atoms with Gasteiger partial charge in [0.05, 0.1) is 0 Å². The number of benzene rings is 3. The van der Waals surface area contributed by atoms with Crippen molar-refractivity contribution in [1.29, 1.82) is 0 Å². The average molecular weight is 451 g/mol. The zero-order valence-electron chi connectivity index (χ0n) is 17.8. The lowest BCUT2D eigenvalue weighted by molar-refractivity contribution is 0.155. The summed E-state index contributed by atoms with van der Waals surface area (Å²) in [7, 11) is 0. The van der Waals surface area contributed by atoms with Gasteiger partial charge in [-0.2, -0.15) is 0 Å². The SMILES string of the molecule is O=C(Nc1ccc(N2CCCN(Cc3cc(F)cc(F)c3)C2=O)cc1)OCc1ccccc1. The summed E-state index contributed by atoms with van der Waals surface area (Å²) in [6.45, 7) is 1.31. The largest absolute Gasteiger partial charge is 0.444 e. The molecule has 6 nitrogen and oxygen atoms in total. The quantitative estimate of drug-likeness (QED) is 0.535. The fraction of sp³-hybridized carbons (Fsp3) is 0.200. The van der Waals surface area contributed by atoms with Gasteiger partial charge < -0.3 is 9.64 Å². The molecule has 0 saturated carbocycles. The number of urea groups is 1. The van der Waals surface area contributed by atoms with Crippen LogP contribution in [-0.4, -0.2) is 30.1 Å². The van der Waals surface area contributed by atoms with Crippen LogP contribution in [0.25, 0.3) is 0 Å². The summed E-state index contributed by atoms with van der Waals surface area (Å²) in [5.74, 6) is -1.34. The molecule has 1 saturated heterocycles. The molecule has 3 amide bonds. The monoisotopic (exact) mass is 451 g/mol. The number of hydrogen-bond acceptors (Lipinski definition) is 3. The highest BCUT2D eigenvalue weighted by Crippen LogP contribution is 2.24. The Kier molecular flexibility index (Phi) is 6.83. The van der Waals surface area contributed by atoms with Gasteiger partial charge in [0, 0.05) is 37.1 Å². The van der Waals surface area contributed by atoms with Crippen LogP contribution in [0.5, 0.6) is 0 Å². The second-order valence-corrected chi connectivity index (χ2v) is 7.72. The maximum atomic E-state index is 13.5. The molecule has 1 fully saturated rings. The molecule has 0 radical (unpaired) electrons. The van der Waals surface area contributed by atoms with Crippen LogP contribution in [0.15, 0.2) is 72.8 Å². The van der Waals surface area contributed by atoms with Gasteiger partial charge in [-0.15, -0.1) is 0 Å². The molecule has 3 aromatic carbocycles. The van der Waals surface area contributed by atoms with E-state index in [0.29, 0.717) is 30.0 Å². The third-order valence-corrected chi connectivity index (χ3v) is 5.25. The number of carbonyl (C=O) groups excluding carboxylic acids is 2. The minimum atomic E-state index is -0.670. The number of halogens is 2. The van der Waals surface area contributed by atoms with E-state index in [9.17, 15) is 18.4 Å². The lowest BCUT2D eigenvalue weighted by atomic mass is 10.1. The molecule has 1 aliphatic heterocycles. The highest BCUT2D eigenvalue weighted by atomic mass is 19.1. The number of hydrogen-bond donors (Lipinski definition) is 1. The van der Waals surface area contributed by atoms with Crippen LogP contribution in [0, 0.1) is 11.6 Å². The van der Waals surface area contributed by atoms with E-state index in [0.717, 1.165) is 18.1 Å². The van der Waals surface area contributed by atoms with E-state index >= 15 is 0 Å². The minimum absolute atomic E-state index is 0.122. The third kappa shape index (κ3) is 5.85. The normalized spacial score (nSPS) is 13.7. The Bertz CT molecular complexity index is 1100. The predicted molar refractivity (Wildman–Crippen MR) is 121 cm³/mol. The summed E-state index contributed by atoms with van der Waals surface area (Å²) in [6.07, 6.45) is 0.143. The van der Waals surface area contributed by atoms with Crippen molar-refractivity contribution in [2.24, 2.45) is 0 Å². The molecule has 4 rings (SSSR count). The van der Waals surface area contributed by atoms with Crippen LogP contribution in [0.1, 0.15) is 17.5 Å². The van der Waals surface area contributed by atoms with Crippen LogP contribution in [0.2, 0.25) is 0 Å². The first-order chi connectivity index (χ1) is 16.0. The topological polar surface area (TPSA) is 61.9 Å². The van der Waals surface area contributed by atoms with Gasteiger partial charge in [-0.1, -0.05) is 30.3 Å².